The number of aromatic nitrogens is 2. The Morgan fingerprint density at radius 1 is 1.18 bits per heavy atom. The van der Waals surface area contributed by atoms with Crippen LogP contribution in [-0.4, -0.2) is 9.78 Å². The summed E-state index contributed by atoms with van der Waals surface area (Å²) in [4.78, 5) is 0. The van der Waals surface area contributed by atoms with Gasteiger partial charge in [-0.3, -0.25) is 0 Å². The molecule has 0 radical (unpaired) electrons. The topological polar surface area (TPSA) is 17.8 Å². The van der Waals surface area contributed by atoms with Gasteiger partial charge in [0.2, 0.25) is 0 Å². The standard InChI is InChI=1S/C12H9F3N2/c1-2-17-11(12(13,14)15)8-10(16-17)9-6-4-3-5-7-9/h2-8H,1H2. The molecule has 0 spiro atoms. The number of halogens is 3. The van der Waals surface area contributed by atoms with Gasteiger partial charge in [-0.15, -0.1) is 0 Å². The molecule has 1 aromatic heterocycles. The van der Waals surface area contributed by atoms with Gasteiger partial charge >= 0.3 is 6.18 Å². The minimum absolute atomic E-state index is 0.276. The van der Waals surface area contributed by atoms with Crippen LogP contribution in [0.2, 0.25) is 0 Å². The molecule has 0 atom stereocenters. The van der Waals surface area contributed by atoms with Crippen LogP contribution in [-0.2, 0) is 6.18 Å². The van der Waals surface area contributed by atoms with Crippen LogP contribution in [0, 0.1) is 0 Å². The van der Waals surface area contributed by atoms with Crippen molar-refractivity contribution < 1.29 is 13.2 Å². The number of nitrogens with zero attached hydrogens (tertiary/aromatic N) is 2. The van der Waals surface area contributed by atoms with Crippen LogP contribution in [0.4, 0.5) is 13.2 Å². The van der Waals surface area contributed by atoms with E-state index in [1.165, 1.54) is 0 Å². The summed E-state index contributed by atoms with van der Waals surface area (Å²) in [5.74, 6) is 0. The molecule has 1 aromatic carbocycles. The van der Waals surface area contributed by atoms with E-state index in [-0.39, 0.29) is 5.69 Å². The van der Waals surface area contributed by atoms with E-state index in [9.17, 15) is 13.2 Å². The molecule has 88 valence electrons. The third-order valence-corrected chi connectivity index (χ3v) is 2.27. The average Bonchev–Trinajstić information content (AvgIpc) is 2.74. The van der Waals surface area contributed by atoms with Crippen LogP contribution in [0.25, 0.3) is 17.5 Å². The van der Waals surface area contributed by atoms with Crippen molar-refractivity contribution in [1.82, 2.24) is 9.78 Å². The summed E-state index contributed by atoms with van der Waals surface area (Å²) in [6, 6.07) is 9.70. The van der Waals surface area contributed by atoms with Gasteiger partial charge < -0.3 is 0 Å². The molecule has 0 N–H and O–H groups in total. The van der Waals surface area contributed by atoms with E-state index >= 15 is 0 Å². The summed E-state index contributed by atoms with van der Waals surface area (Å²) in [7, 11) is 0. The van der Waals surface area contributed by atoms with Crippen LogP contribution in [0.5, 0.6) is 0 Å². The van der Waals surface area contributed by atoms with Gasteiger partial charge in [-0.05, 0) is 6.07 Å². The van der Waals surface area contributed by atoms with Gasteiger partial charge in [-0.1, -0.05) is 36.9 Å². The normalized spacial score (nSPS) is 11.5. The molecule has 1 heterocycles. The van der Waals surface area contributed by atoms with Gasteiger partial charge in [0.15, 0.2) is 0 Å². The van der Waals surface area contributed by atoms with Crippen molar-refractivity contribution in [1.29, 1.82) is 0 Å². The minimum atomic E-state index is -4.44. The third-order valence-electron chi connectivity index (χ3n) is 2.27. The zero-order valence-electron chi connectivity index (χ0n) is 8.78. The minimum Gasteiger partial charge on any atom is -0.236 e. The van der Waals surface area contributed by atoms with Crippen molar-refractivity contribution in [2.24, 2.45) is 0 Å². The lowest BCUT2D eigenvalue weighted by Crippen LogP contribution is -2.10. The Labute approximate surface area is 96.0 Å². The lowest BCUT2D eigenvalue weighted by Gasteiger charge is -2.04. The van der Waals surface area contributed by atoms with E-state index in [1.807, 2.05) is 0 Å². The number of benzene rings is 1. The van der Waals surface area contributed by atoms with Crippen molar-refractivity contribution in [2.45, 2.75) is 6.18 Å². The number of rotatable bonds is 2. The molecule has 0 aliphatic rings. The summed E-state index contributed by atoms with van der Waals surface area (Å²) >= 11 is 0. The Bertz CT molecular complexity index is 526. The number of alkyl halides is 3. The molecular formula is C12H9F3N2. The molecule has 17 heavy (non-hydrogen) atoms. The van der Waals surface area contributed by atoms with Gasteiger partial charge in [0.1, 0.15) is 5.69 Å². The summed E-state index contributed by atoms with van der Waals surface area (Å²) in [5, 5.41) is 3.84. The zero-order chi connectivity index (χ0) is 12.5. The largest absolute Gasteiger partial charge is 0.433 e. The van der Waals surface area contributed by atoms with Crippen LogP contribution < -0.4 is 0 Å². The molecule has 0 saturated carbocycles. The van der Waals surface area contributed by atoms with Crippen LogP contribution in [0.3, 0.4) is 0 Å². The Hall–Kier alpha value is -2.04. The maximum absolute atomic E-state index is 12.7. The average molecular weight is 238 g/mol. The Balaban J connectivity index is 2.53. The van der Waals surface area contributed by atoms with E-state index in [4.69, 9.17) is 0 Å². The predicted molar refractivity (Wildman–Crippen MR) is 59.1 cm³/mol. The molecule has 2 rings (SSSR count). The summed E-state index contributed by atoms with van der Waals surface area (Å²) in [5.41, 5.74) is 0.0859. The van der Waals surface area contributed by atoms with Crippen LogP contribution in [0.1, 0.15) is 5.69 Å². The highest BCUT2D eigenvalue weighted by atomic mass is 19.4. The first-order valence-corrected chi connectivity index (χ1v) is 4.87. The van der Waals surface area contributed by atoms with Crippen molar-refractivity contribution in [3.63, 3.8) is 0 Å². The fraction of sp³-hybridized carbons (Fsp3) is 0.0833. The first-order valence-electron chi connectivity index (χ1n) is 4.87. The highest BCUT2D eigenvalue weighted by molar-refractivity contribution is 5.60. The second-order valence-electron chi connectivity index (χ2n) is 3.41. The van der Waals surface area contributed by atoms with Gasteiger partial charge in [0, 0.05) is 11.8 Å². The molecule has 0 aliphatic carbocycles. The smallest absolute Gasteiger partial charge is 0.236 e. The van der Waals surface area contributed by atoms with Crippen molar-refractivity contribution in [2.75, 3.05) is 0 Å². The molecule has 0 saturated heterocycles. The monoisotopic (exact) mass is 238 g/mol. The van der Waals surface area contributed by atoms with Crippen LogP contribution >= 0.6 is 0 Å². The fourth-order valence-electron chi connectivity index (χ4n) is 1.50. The Morgan fingerprint density at radius 2 is 1.82 bits per heavy atom. The zero-order valence-corrected chi connectivity index (χ0v) is 8.78. The molecular weight excluding hydrogens is 229 g/mol. The highest BCUT2D eigenvalue weighted by Gasteiger charge is 2.35. The van der Waals surface area contributed by atoms with E-state index in [0.29, 0.717) is 5.56 Å². The van der Waals surface area contributed by atoms with E-state index < -0.39 is 11.9 Å². The van der Waals surface area contributed by atoms with Crippen LogP contribution in [0.15, 0.2) is 43.0 Å². The number of hydrogen-bond donors (Lipinski definition) is 0. The third kappa shape index (κ3) is 2.22. The SMILES string of the molecule is C=Cn1nc(-c2ccccc2)cc1C(F)(F)F. The van der Waals surface area contributed by atoms with E-state index in [2.05, 4.69) is 11.7 Å². The first-order chi connectivity index (χ1) is 8.02. The quantitative estimate of drug-likeness (QED) is 0.780. The second-order valence-corrected chi connectivity index (χ2v) is 3.41. The summed E-state index contributed by atoms with van der Waals surface area (Å²) < 4.78 is 38.7. The van der Waals surface area contributed by atoms with Gasteiger partial charge in [-0.25, -0.2) is 4.68 Å². The van der Waals surface area contributed by atoms with Gasteiger partial charge in [0.05, 0.1) is 5.69 Å². The van der Waals surface area contributed by atoms with Gasteiger partial charge in [0.25, 0.3) is 0 Å². The van der Waals surface area contributed by atoms with E-state index in [0.717, 1.165) is 16.9 Å². The van der Waals surface area contributed by atoms with Crippen molar-refractivity contribution in [3.05, 3.63) is 48.7 Å². The second kappa shape index (κ2) is 4.08. The lowest BCUT2D eigenvalue weighted by atomic mass is 10.1. The maximum Gasteiger partial charge on any atom is 0.433 e. The lowest BCUT2D eigenvalue weighted by molar-refractivity contribution is -0.142. The van der Waals surface area contributed by atoms with Gasteiger partial charge in [-0.2, -0.15) is 18.3 Å². The Morgan fingerprint density at radius 3 is 2.29 bits per heavy atom. The molecule has 0 fully saturated rings. The molecule has 0 bridgehead atoms. The Kier molecular flexibility index (Phi) is 2.75. The number of hydrogen-bond acceptors (Lipinski definition) is 1. The fourth-order valence-corrected chi connectivity index (χ4v) is 1.50. The molecule has 2 nitrogen and oxygen atoms in total. The predicted octanol–water partition coefficient (Wildman–Crippen LogP) is 3.67. The van der Waals surface area contributed by atoms with Crippen molar-refractivity contribution >= 4 is 6.20 Å². The summed E-state index contributed by atoms with van der Waals surface area (Å²) in [6.45, 7) is 3.31. The first kappa shape index (κ1) is 11.4. The maximum atomic E-state index is 12.7. The summed E-state index contributed by atoms with van der Waals surface area (Å²) in [6.07, 6.45) is -3.40. The molecule has 2 aromatic rings. The molecule has 0 unspecified atom stereocenters. The van der Waals surface area contributed by atoms with Crippen molar-refractivity contribution in [3.8, 4) is 11.3 Å². The highest BCUT2D eigenvalue weighted by Crippen LogP contribution is 2.32. The molecule has 0 aliphatic heterocycles. The molecule has 5 heteroatoms. The molecule has 0 amide bonds. The van der Waals surface area contributed by atoms with E-state index in [1.54, 1.807) is 30.3 Å².